The van der Waals surface area contributed by atoms with Crippen LogP contribution in [0.3, 0.4) is 0 Å². The summed E-state index contributed by atoms with van der Waals surface area (Å²) >= 11 is 0. The topological polar surface area (TPSA) is 26.0 Å². The number of aromatic nitrogens is 1. The molecule has 2 heterocycles. The number of benzene rings is 2. The van der Waals surface area contributed by atoms with Crippen molar-refractivity contribution in [3.05, 3.63) is 66.4 Å². The van der Waals surface area contributed by atoms with Gasteiger partial charge in [0.1, 0.15) is 5.58 Å². The molecule has 0 bridgehead atoms. The highest BCUT2D eigenvalue weighted by molar-refractivity contribution is 6.08. The third kappa shape index (κ3) is 1.62. The van der Waals surface area contributed by atoms with Crippen LogP contribution in [0.5, 0.6) is 0 Å². The molecule has 0 unspecified atom stereocenters. The zero-order valence-electron chi connectivity index (χ0n) is 11.1. The van der Waals surface area contributed by atoms with Crippen LogP contribution in [0.1, 0.15) is 5.69 Å². The second-order valence-electron chi connectivity index (χ2n) is 4.96. The molecule has 0 atom stereocenters. The molecule has 2 nitrogen and oxygen atoms in total. The highest BCUT2D eigenvalue weighted by Crippen LogP contribution is 2.34. The summed E-state index contributed by atoms with van der Waals surface area (Å²) in [5.74, 6) is 0. The molecule has 96 valence electrons. The lowest BCUT2D eigenvalue weighted by molar-refractivity contribution is 0.653. The van der Waals surface area contributed by atoms with Crippen molar-refractivity contribution < 1.29 is 4.42 Å². The van der Waals surface area contributed by atoms with Gasteiger partial charge in [-0.05, 0) is 24.6 Å². The summed E-state index contributed by atoms with van der Waals surface area (Å²) in [7, 11) is 0. The normalized spacial score (nSPS) is 11.2. The minimum atomic E-state index is 0.711. The van der Waals surface area contributed by atoms with Gasteiger partial charge in [-0.15, -0.1) is 0 Å². The summed E-state index contributed by atoms with van der Waals surface area (Å²) in [6.07, 6.45) is 0. The SMILES string of the molecule is Cc1ccc2c(n1)oc1c(-c3ccccc3)cccc12. The van der Waals surface area contributed by atoms with Crippen LogP contribution in [0.15, 0.2) is 65.1 Å². The predicted molar refractivity (Wildman–Crippen MR) is 81.7 cm³/mol. The van der Waals surface area contributed by atoms with Crippen molar-refractivity contribution in [2.24, 2.45) is 0 Å². The largest absolute Gasteiger partial charge is 0.437 e. The van der Waals surface area contributed by atoms with E-state index in [4.69, 9.17) is 4.42 Å². The minimum absolute atomic E-state index is 0.711. The van der Waals surface area contributed by atoms with E-state index in [-0.39, 0.29) is 0 Å². The molecule has 0 spiro atoms. The number of furan rings is 1. The summed E-state index contributed by atoms with van der Waals surface area (Å²) < 4.78 is 6.01. The first kappa shape index (κ1) is 11.2. The molecule has 0 aliphatic carbocycles. The van der Waals surface area contributed by atoms with Gasteiger partial charge in [0.15, 0.2) is 0 Å². The summed E-state index contributed by atoms with van der Waals surface area (Å²) in [6, 6.07) is 20.6. The van der Waals surface area contributed by atoms with Crippen LogP contribution < -0.4 is 0 Å². The average molecular weight is 259 g/mol. The third-order valence-electron chi connectivity index (χ3n) is 3.59. The standard InChI is InChI=1S/C18H13NO/c1-12-10-11-16-15-9-5-8-14(13-6-3-2-4-7-13)17(15)20-18(16)19-12/h2-11H,1H3. The van der Waals surface area contributed by atoms with Crippen LogP contribution in [0.2, 0.25) is 0 Å². The highest BCUT2D eigenvalue weighted by atomic mass is 16.3. The van der Waals surface area contributed by atoms with Crippen LogP contribution in [0.25, 0.3) is 33.2 Å². The van der Waals surface area contributed by atoms with Crippen molar-refractivity contribution in [2.45, 2.75) is 6.92 Å². The number of para-hydroxylation sites is 1. The Morgan fingerprint density at radius 3 is 2.50 bits per heavy atom. The molecule has 0 aliphatic rings. The Morgan fingerprint density at radius 2 is 1.65 bits per heavy atom. The molecule has 4 rings (SSSR count). The lowest BCUT2D eigenvalue weighted by atomic mass is 10.0. The van der Waals surface area contributed by atoms with Crippen LogP contribution >= 0.6 is 0 Å². The number of rotatable bonds is 1. The number of pyridine rings is 1. The summed E-state index contributed by atoms with van der Waals surface area (Å²) in [5, 5.41) is 2.19. The zero-order valence-corrected chi connectivity index (χ0v) is 11.1. The van der Waals surface area contributed by atoms with Gasteiger partial charge in [0.05, 0.1) is 0 Å². The Balaban J connectivity index is 2.11. The van der Waals surface area contributed by atoms with Gasteiger partial charge in [-0.1, -0.05) is 48.5 Å². The second kappa shape index (κ2) is 4.20. The monoisotopic (exact) mass is 259 g/mol. The van der Waals surface area contributed by atoms with Crippen LogP contribution in [0.4, 0.5) is 0 Å². The van der Waals surface area contributed by atoms with E-state index in [1.807, 2.05) is 31.2 Å². The van der Waals surface area contributed by atoms with Gasteiger partial charge in [0.2, 0.25) is 5.71 Å². The quantitative estimate of drug-likeness (QED) is 0.483. The Kier molecular flexibility index (Phi) is 2.36. The molecular weight excluding hydrogens is 246 g/mol. The molecule has 2 aromatic heterocycles. The number of hydrogen-bond acceptors (Lipinski definition) is 2. The first-order valence-corrected chi connectivity index (χ1v) is 6.67. The molecule has 2 heteroatoms. The first-order chi connectivity index (χ1) is 9.83. The van der Waals surface area contributed by atoms with E-state index in [2.05, 4.69) is 41.4 Å². The van der Waals surface area contributed by atoms with Crippen LogP contribution in [0, 0.1) is 6.92 Å². The van der Waals surface area contributed by atoms with Gasteiger partial charge in [-0.25, -0.2) is 4.98 Å². The van der Waals surface area contributed by atoms with Gasteiger partial charge >= 0.3 is 0 Å². The number of nitrogens with zero attached hydrogens (tertiary/aromatic N) is 1. The zero-order chi connectivity index (χ0) is 13.5. The van der Waals surface area contributed by atoms with E-state index in [9.17, 15) is 0 Å². The maximum Gasteiger partial charge on any atom is 0.227 e. The molecule has 0 N–H and O–H groups in total. The molecule has 0 saturated heterocycles. The fraction of sp³-hybridized carbons (Fsp3) is 0.0556. The molecule has 4 aromatic rings. The van der Waals surface area contributed by atoms with Crippen molar-refractivity contribution in [1.29, 1.82) is 0 Å². The van der Waals surface area contributed by atoms with Crippen molar-refractivity contribution in [2.75, 3.05) is 0 Å². The van der Waals surface area contributed by atoms with E-state index < -0.39 is 0 Å². The number of hydrogen-bond donors (Lipinski definition) is 0. The number of fused-ring (bicyclic) bond motifs is 3. The fourth-order valence-corrected chi connectivity index (χ4v) is 2.62. The maximum absolute atomic E-state index is 6.01. The average Bonchev–Trinajstić information content (AvgIpc) is 2.85. The summed E-state index contributed by atoms with van der Waals surface area (Å²) in [5.41, 5.74) is 4.86. The molecule has 2 aromatic carbocycles. The lowest BCUT2D eigenvalue weighted by Crippen LogP contribution is -1.78. The summed E-state index contributed by atoms with van der Waals surface area (Å²) in [6.45, 7) is 1.98. The van der Waals surface area contributed by atoms with E-state index in [1.54, 1.807) is 0 Å². The fourth-order valence-electron chi connectivity index (χ4n) is 2.62. The molecule has 0 amide bonds. The third-order valence-corrected chi connectivity index (χ3v) is 3.59. The summed E-state index contributed by atoms with van der Waals surface area (Å²) in [4.78, 5) is 4.48. The van der Waals surface area contributed by atoms with Crippen LogP contribution in [-0.2, 0) is 0 Å². The van der Waals surface area contributed by atoms with Gasteiger partial charge in [-0.2, -0.15) is 0 Å². The van der Waals surface area contributed by atoms with Crippen molar-refractivity contribution in [3.8, 4) is 11.1 Å². The molecule has 20 heavy (non-hydrogen) atoms. The van der Waals surface area contributed by atoms with Gasteiger partial charge in [-0.3, -0.25) is 0 Å². The molecule has 0 fully saturated rings. The Hall–Kier alpha value is -2.61. The second-order valence-corrected chi connectivity index (χ2v) is 4.96. The van der Waals surface area contributed by atoms with Crippen molar-refractivity contribution in [1.82, 2.24) is 4.98 Å². The van der Waals surface area contributed by atoms with E-state index in [0.29, 0.717) is 5.71 Å². The smallest absolute Gasteiger partial charge is 0.227 e. The van der Waals surface area contributed by atoms with E-state index in [0.717, 1.165) is 33.2 Å². The minimum Gasteiger partial charge on any atom is -0.437 e. The van der Waals surface area contributed by atoms with Gasteiger partial charge in [0, 0.05) is 22.0 Å². The molecular formula is C18H13NO. The highest BCUT2D eigenvalue weighted by Gasteiger charge is 2.12. The van der Waals surface area contributed by atoms with Crippen molar-refractivity contribution in [3.63, 3.8) is 0 Å². The maximum atomic E-state index is 6.01. The lowest BCUT2D eigenvalue weighted by Gasteiger charge is -2.01. The molecule has 0 saturated carbocycles. The van der Waals surface area contributed by atoms with Crippen molar-refractivity contribution >= 4 is 22.1 Å². The number of aryl methyl sites for hydroxylation is 1. The molecule has 0 radical (unpaired) electrons. The van der Waals surface area contributed by atoms with Gasteiger partial charge in [0.25, 0.3) is 0 Å². The first-order valence-electron chi connectivity index (χ1n) is 6.67. The molecule has 0 aliphatic heterocycles. The van der Waals surface area contributed by atoms with E-state index in [1.165, 1.54) is 0 Å². The predicted octanol–water partition coefficient (Wildman–Crippen LogP) is 4.96. The Morgan fingerprint density at radius 1 is 0.800 bits per heavy atom. The Bertz CT molecular complexity index is 907. The Labute approximate surface area is 116 Å². The van der Waals surface area contributed by atoms with E-state index >= 15 is 0 Å². The van der Waals surface area contributed by atoms with Gasteiger partial charge < -0.3 is 4.42 Å². The van der Waals surface area contributed by atoms with Crippen LogP contribution in [-0.4, -0.2) is 4.98 Å².